The van der Waals surface area contributed by atoms with Gasteiger partial charge in [0.15, 0.2) is 5.92 Å². The van der Waals surface area contributed by atoms with Gasteiger partial charge in [-0.1, -0.05) is 30.4 Å². The number of amides is 1. The monoisotopic (exact) mass is 571 g/mol. The number of carboxylic acid groups (broad SMARTS) is 2. The molecule has 3 aliphatic rings. The predicted molar refractivity (Wildman–Crippen MR) is 148 cm³/mol. The van der Waals surface area contributed by atoms with Crippen LogP contribution in [-0.4, -0.2) is 55.5 Å². The number of carboxylic acids is 2. The minimum absolute atomic E-state index is 0.0550. The summed E-state index contributed by atoms with van der Waals surface area (Å²) in [4.78, 5) is 38.3. The normalized spacial score (nSPS) is 23.4. The van der Waals surface area contributed by atoms with Gasteiger partial charge < -0.3 is 24.5 Å². The summed E-state index contributed by atoms with van der Waals surface area (Å²) >= 11 is 6.84. The number of thioether (sulfide) groups is 1. The Morgan fingerprint density at radius 3 is 2.62 bits per heavy atom. The topological polar surface area (TPSA) is 138 Å². The van der Waals surface area contributed by atoms with E-state index in [0.717, 1.165) is 19.3 Å². The third-order valence-corrected chi connectivity index (χ3v) is 9.30. The number of methoxy groups -OCH3 is 1. The van der Waals surface area contributed by atoms with E-state index in [-0.39, 0.29) is 30.5 Å². The Morgan fingerprint density at radius 1 is 1.23 bits per heavy atom. The molecule has 1 amide bonds. The average Bonchev–Trinajstić information content (AvgIpc) is 3.66. The van der Waals surface area contributed by atoms with E-state index < -0.39 is 17.9 Å². The summed E-state index contributed by atoms with van der Waals surface area (Å²) in [6.07, 6.45) is 6.63. The Morgan fingerprint density at radius 2 is 2.00 bits per heavy atom. The molecular weight excluding hydrogens is 542 g/mol. The number of rotatable bonds is 10. The van der Waals surface area contributed by atoms with E-state index in [9.17, 15) is 29.7 Å². The zero-order chi connectivity index (χ0) is 27.8. The van der Waals surface area contributed by atoms with Crippen molar-refractivity contribution in [2.24, 2.45) is 17.8 Å². The molecule has 3 unspecified atom stereocenters. The molecule has 5 rings (SSSR count). The Hall–Kier alpha value is -3.31. The second-order valence-electron chi connectivity index (χ2n) is 10.3. The van der Waals surface area contributed by atoms with Gasteiger partial charge in [0.1, 0.15) is 27.3 Å². The second-order valence-corrected chi connectivity index (χ2v) is 12.0. The van der Waals surface area contributed by atoms with Crippen LogP contribution in [-0.2, 0) is 20.8 Å². The van der Waals surface area contributed by atoms with Gasteiger partial charge in [0.05, 0.1) is 17.6 Å². The first-order valence-electron chi connectivity index (χ1n) is 12.9. The molecule has 1 aliphatic heterocycles. The molecule has 3 fully saturated rings. The lowest BCUT2D eigenvalue weighted by Gasteiger charge is -2.30. The molecule has 206 valence electrons. The number of benzene rings is 1. The van der Waals surface area contributed by atoms with Crippen LogP contribution in [0, 0.1) is 17.8 Å². The van der Waals surface area contributed by atoms with Crippen molar-refractivity contribution >= 4 is 52.2 Å². The predicted octanol–water partition coefficient (Wildman–Crippen LogP) is 5.16. The molecule has 3 atom stereocenters. The van der Waals surface area contributed by atoms with Crippen molar-refractivity contribution in [2.45, 2.75) is 51.0 Å². The lowest BCUT2D eigenvalue weighted by Crippen LogP contribution is -2.41. The second kappa shape index (κ2) is 11.1. The highest BCUT2D eigenvalue weighted by Crippen LogP contribution is 2.49. The summed E-state index contributed by atoms with van der Waals surface area (Å²) in [6, 6.07) is 6.65. The van der Waals surface area contributed by atoms with E-state index in [0.29, 0.717) is 55.9 Å². The van der Waals surface area contributed by atoms with Crippen molar-refractivity contribution in [1.29, 1.82) is 0 Å². The summed E-state index contributed by atoms with van der Waals surface area (Å²) in [6.45, 7) is 0. The third kappa shape index (κ3) is 5.42. The van der Waals surface area contributed by atoms with Crippen molar-refractivity contribution in [2.75, 3.05) is 7.11 Å². The Balaban J connectivity index is 1.43. The number of phenolic OH excluding ortho intramolecular Hbond substituents is 1. The van der Waals surface area contributed by atoms with E-state index in [4.69, 9.17) is 21.4 Å². The number of aliphatic carboxylic acids is 2. The Kier molecular flexibility index (Phi) is 7.73. The van der Waals surface area contributed by atoms with Crippen LogP contribution >= 0.6 is 24.0 Å². The van der Waals surface area contributed by atoms with Gasteiger partial charge in [-0.3, -0.25) is 19.3 Å². The van der Waals surface area contributed by atoms with E-state index in [1.54, 1.807) is 29.2 Å². The fourth-order valence-electron chi connectivity index (χ4n) is 6.00. The molecule has 2 aliphatic carbocycles. The maximum Gasteiger partial charge on any atom is 0.317 e. The van der Waals surface area contributed by atoms with Crippen LogP contribution in [0.4, 0.5) is 0 Å². The number of fused-ring (bicyclic) bond motifs is 2. The zero-order valence-electron chi connectivity index (χ0n) is 21.3. The standard InChI is InChI=1S/C28H29NO8S2/c1-36-17-7-8-18(21(30)12-17)23-11-16(3-2-4-19(26(32)33)27(34)35)22(37-23)13-24-25(31)29(28(38)39-24)20-10-14-5-6-15(20)9-14/h7-8,11-15,19-20,30H,2-6,9-10H2,1H3,(H,32,33)(H,34,35)/b24-13-. The molecule has 1 saturated heterocycles. The van der Waals surface area contributed by atoms with Crippen molar-refractivity contribution < 1.29 is 38.9 Å². The number of nitrogens with zero attached hydrogens (tertiary/aromatic N) is 1. The number of thiocarbonyl (C=S) groups is 1. The smallest absolute Gasteiger partial charge is 0.317 e. The van der Waals surface area contributed by atoms with Gasteiger partial charge in [-0.25, -0.2) is 0 Å². The molecule has 2 bridgehead atoms. The lowest BCUT2D eigenvalue weighted by atomic mass is 9.94. The molecule has 3 N–H and O–H groups in total. The average molecular weight is 572 g/mol. The largest absolute Gasteiger partial charge is 0.507 e. The number of hydrogen-bond acceptors (Lipinski definition) is 8. The van der Waals surface area contributed by atoms with Crippen molar-refractivity contribution in [3.05, 3.63) is 40.5 Å². The van der Waals surface area contributed by atoms with Crippen molar-refractivity contribution in [3.63, 3.8) is 0 Å². The van der Waals surface area contributed by atoms with Crippen LogP contribution in [0.3, 0.4) is 0 Å². The van der Waals surface area contributed by atoms with Crippen LogP contribution < -0.4 is 4.74 Å². The summed E-state index contributed by atoms with van der Waals surface area (Å²) in [5, 5.41) is 29.0. The van der Waals surface area contributed by atoms with Gasteiger partial charge in [0.2, 0.25) is 0 Å². The Labute approximate surface area is 234 Å². The molecule has 2 aromatic rings. The maximum absolute atomic E-state index is 13.5. The number of hydrogen-bond donors (Lipinski definition) is 3. The van der Waals surface area contributed by atoms with Crippen LogP contribution in [0.15, 0.2) is 33.6 Å². The van der Waals surface area contributed by atoms with E-state index in [1.165, 1.54) is 31.4 Å². The summed E-state index contributed by atoms with van der Waals surface area (Å²) < 4.78 is 11.8. The lowest BCUT2D eigenvalue weighted by molar-refractivity contribution is -0.154. The third-order valence-electron chi connectivity index (χ3n) is 7.97. The minimum atomic E-state index is -1.51. The molecule has 1 aromatic carbocycles. The maximum atomic E-state index is 13.5. The van der Waals surface area contributed by atoms with Crippen molar-refractivity contribution in [1.82, 2.24) is 4.90 Å². The molecule has 39 heavy (non-hydrogen) atoms. The highest BCUT2D eigenvalue weighted by Gasteiger charge is 2.48. The SMILES string of the molecule is COc1ccc(-c2cc(CCCC(C(=O)O)C(=O)O)c(/C=C3\SC(=S)N(C4CC5CCC4C5)C3=O)o2)c(O)c1. The molecule has 1 aromatic heterocycles. The first-order chi connectivity index (χ1) is 18.7. The van der Waals surface area contributed by atoms with Gasteiger partial charge in [-0.05, 0) is 74.1 Å². The first kappa shape index (κ1) is 27.3. The van der Waals surface area contributed by atoms with Crippen LogP contribution in [0.5, 0.6) is 11.5 Å². The molecule has 2 heterocycles. The first-order valence-corrected chi connectivity index (χ1v) is 14.1. The van der Waals surface area contributed by atoms with E-state index in [1.807, 2.05) is 0 Å². The molecule has 0 spiro atoms. The summed E-state index contributed by atoms with van der Waals surface area (Å²) in [5.74, 6) is -2.13. The van der Waals surface area contributed by atoms with Gasteiger partial charge >= 0.3 is 11.9 Å². The summed E-state index contributed by atoms with van der Waals surface area (Å²) in [5.41, 5.74) is 1.08. The molecular formula is C28H29NO8S2. The number of phenols is 1. The van der Waals surface area contributed by atoms with Gasteiger partial charge in [-0.2, -0.15) is 0 Å². The molecule has 11 heteroatoms. The number of ether oxygens (including phenoxy) is 1. The van der Waals surface area contributed by atoms with Crippen LogP contribution in [0.25, 0.3) is 17.4 Å². The molecule has 2 saturated carbocycles. The Bertz CT molecular complexity index is 1350. The zero-order valence-corrected chi connectivity index (χ0v) is 22.9. The summed E-state index contributed by atoms with van der Waals surface area (Å²) in [7, 11) is 1.49. The number of aryl methyl sites for hydroxylation is 1. The van der Waals surface area contributed by atoms with Crippen molar-refractivity contribution in [3.8, 4) is 22.8 Å². The van der Waals surface area contributed by atoms with Gasteiger partial charge in [-0.15, -0.1) is 0 Å². The molecule has 0 radical (unpaired) electrons. The fourth-order valence-corrected chi connectivity index (χ4v) is 7.35. The number of carbonyl (C=O) groups is 3. The number of aromatic hydroxyl groups is 1. The van der Waals surface area contributed by atoms with Gasteiger partial charge in [0.25, 0.3) is 5.91 Å². The highest BCUT2D eigenvalue weighted by atomic mass is 32.2. The van der Waals surface area contributed by atoms with Gasteiger partial charge in [0, 0.05) is 18.2 Å². The fraction of sp³-hybridized carbons (Fsp3) is 0.429. The quantitative estimate of drug-likeness (QED) is 0.199. The molecule has 9 nitrogen and oxygen atoms in total. The van der Waals surface area contributed by atoms with E-state index >= 15 is 0 Å². The highest BCUT2D eigenvalue weighted by molar-refractivity contribution is 8.26. The minimum Gasteiger partial charge on any atom is -0.507 e. The van der Waals surface area contributed by atoms with E-state index in [2.05, 4.69) is 0 Å². The number of furan rings is 1. The number of carbonyl (C=O) groups excluding carboxylic acids is 1. The van der Waals surface area contributed by atoms with Crippen LogP contribution in [0.1, 0.15) is 49.8 Å². The van der Waals surface area contributed by atoms with Crippen LogP contribution in [0.2, 0.25) is 0 Å².